The molecule has 2 N–H and O–H groups in total. The minimum atomic E-state index is -1.47. The summed E-state index contributed by atoms with van der Waals surface area (Å²) in [6, 6.07) is 8.88. The van der Waals surface area contributed by atoms with E-state index in [1.165, 1.54) is 18.3 Å². The topological polar surface area (TPSA) is 79.8 Å². The van der Waals surface area contributed by atoms with Gasteiger partial charge < -0.3 is 5.73 Å². The molecule has 0 bridgehead atoms. The summed E-state index contributed by atoms with van der Waals surface area (Å²) in [5.74, 6) is -0.324. The third-order valence-electron chi connectivity index (χ3n) is 2.46. The van der Waals surface area contributed by atoms with E-state index in [0.717, 1.165) is 6.07 Å². The molecule has 6 heteroatoms. The number of nitrogens with two attached hydrogens (primary N) is 1. The van der Waals surface area contributed by atoms with Crippen LogP contribution in [0.2, 0.25) is 0 Å². The molecule has 0 amide bonds. The number of pyridine rings is 1. The van der Waals surface area contributed by atoms with Crippen molar-refractivity contribution < 1.29 is 8.60 Å². The van der Waals surface area contributed by atoms with Crippen LogP contribution in [0.3, 0.4) is 0 Å². The molecule has 1 atom stereocenters. The maximum Gasteiger partial charge on any atom is 0.140 e. The van der Waals surface area contributed by atoms with E-state index in [4.69, 9.17) is 11.0 Å². The zero-order valence-electron chi connectivity index (χ0n) is 9.84. The van der Waals surface area contributed by atoms with Gasteiger partial charge in [0.15, 0.2) is 0 Å². The summed E-state index contributed by atoms with van der Waals surface area (Å²) in [5.41, 5.74) is 6.90. The second-order valence-electron chi connectivity index (χ2n) is 3.83. The summed E-state index contributed by atoms with van der Waals surface area (Å²) in [5, 5.41) is 8.74. The van der Waals surface area contributed by atoms with Crippen molar-refractivity contribution in [3.05, 3.63) is 53.6 Å². The zero-order chi connectivity index (χ0) is 13.8. The van der Waals surface area contributed by atoms with Gasteiger partial charge in [0.25, 0.3) is 0 Å². The Morgan fingerprint density at radius 1 is 1.37 bits per heavy atom. The van der Waals surface area contributed by atoms with Gasteiger partial charge in [-0.3, -0.25) is 4.21 Å². The standard InChI is InChI=1S/C13H10FN3OS/c14-10-1-2-12(16)13(6-10)19(18)8-9-3-4-17-11(5-9)7-15/h1-6H,8,16H2. The molecule has 96 valence electrons. The fourth-order valence-electron chi connectivity index (χ4n) is 1.56. The molecule has 2 aromatic rings. The van der Waals surface area contributed by atoms with Crippen LogP contribution in [0.4, 0.5) is 10.1 Å². The number of hydrogen-bond donors (Lipinski definition) is 1. The number of nitrogen functional groups attached to an aromatic ring is 1. The van der Waals surface area contributed by atoms with Gasteiger partial charge in [0, 0.05) is 11.9 Å². The normalized spacial score (nSPS) is 11.8. The summed E-state index contributed by atoms with van der Waals surface area (Å²) in [4.78, 5) is 4.08. The highest BCUT2D eigenvalue weighted by Crippen LogP contribution is 2.20. The Bertz CT molecular complexity index is 682. The fourth-order valence-corrected chi connectivity index (χ4v) is 2.77. The van der Waals surface area contributed by atoms with Gasteiger partial charge in [0.1, 0.15) is 17.6 Å². The molecule has 0 fully saturated rings. The molecule has 0 saturated carbocycles. The Morgan fingerprint density at radius 2 is 2.16 bits per heavy atom. The Morgan fingerprint density at radius 3 is 2.89 bits per heavy atom. The third kappa shape index (κ3) is 3.14. The molecule has 2 rings (SSSR count). The Hall–Kier alpha value is -2.26. The molecule has 0 spiro atoms. The van der Waals surface area contributed by atoms with Crippen LogP contribution in [0.25, 0.3) is 0 Å². The average molecular weight is 275 g/mol. The van der Waals surface area contributed by atoms with E-state index in [2.05, 4.69) is 4.98 Å². The minimum Gasteiger partial charge on any atom is -0.398 e. The van der Waals surface area contributed by atoms with Crippen LogP contribution in [-0.2, 0) is 16.6 Å². The summed E-state index contributed by atoms with van der Waals surface area (Å²) in [7, 11) is -1.47. The second kappa shape index (κ2) is 5.59. The molecule has 0 radical (unpaired) electrons. The van der Waals surface area contributed by atoms with Crippen molar-refractivity contribution >= 4 is 16.5 Å². The zero-order valence-corrected chi connectivity index (χ0v) is 10.7. The lowest BCUT2D eigenvalue weighted by Gasteiger charge is -2.06. The number of nitrogens with zero attached hydrogens (tertiary/aromatic N) is 2. The summed E-state index contributed by atoms with van der Waals surface area (Å²) < 4.78 is 25.3. The fraction of sp³-hybridized carbons (Fsp3) is 0.0769. The van der Waals surface area contributed by atoms with E-state index >= 15 is 0 Å². The SMILES string of the molecule is N#Cc1cc(CS(=O)c2cc(F)ccc2N)ccn1. The monoisotopic (exact) mass is 275 g/mol. The van der Waals surface area contributed by atoms with Crippen LogP contribution in [0.15, 0.2) is 41.4 Å². The van der Waals surface area contributed by atoms with Crippen LogP contribution in [0.5, 0.6) is 0 Å². The Kier molecular flexibility index (Phi) is 3.88. The van der Waals surface area contributed by atoms with E-state index < -0.39 is 16.6 Å². The first-order valence-corrected chi connectivity index (χ1v) is 6.70. The lowest BCUT2D eigenvalue weighted by molar-refractivity contribution is 0.623. The first kappa shape index (κ1) is 13.2. The van der Waals surface area contributed by atoms with Gasteiger partial charge in [-0.2, -0.15) is 5.26 Å². The van der Waals surface area contributed by atoms with E-state index in [-0.39, 0.29) is 22.0 Å². The van der Waals surface area contributed by atoms with Gasteiger partial charge in [-0.1, -0.05) is 0 Å². The molecule has 4 nitrogen and oxygen atoms in total. The number of hydrogen-bond acceptors (Lipinski definition) is 4. The number of rotatable bonds is 3. The van der Waals surface area contributed by atoms with Gasteiger partial charge in [0.05, 0.1) is 21.4 Å². The smallest absolute Gasteiger partial charge is 0.140 e. The van der Waals surface area contributed by atoms with Crippen LogP contribution in [-0.4, -0.2) is 9.19 Å². The summed E-state index contributed by atoms with van der Waals surface area (Å²) in [6.45, 7) is 0. The average Bonchev–Trinajstić information content (AvgIpc) is 2.41. The predicted octanol–water partition coefficient (Wildman–Crippen LogP) is 1.98. The van der Waals surface area contributed by atoms with Crippen molar-refractivity contribution in [3.8, 4) is 6.07 Å². The third-order valence-corrected chi connectivity index (χ3v) is 3.90. The number of aromatic nitrogens is 1. The number of benzene rings is 1. The van der Waals surface area contributed by atoms with Crippen molar-refractivity contribution in [2.45, 2.75) is 10.6 Å². The minimum absolute atomic E-state index is 0.158. The molecule has 0 saturated heterocycles. The molecule has 1 heterocycles. The van der Waals surface area contributed by atoms with Crippen molar-refractivity contribution in [1.82, 2.24) is 4.98 Å². The van der Waals surface area contributed by atoms with Crippen molar-refractivity contribution in [1.29, 1.82) is 5.26 Å². The molecule has 0 aliphatic rings. The highest BCUT2D eigenvalue weighted by atomic mass is 32.2. The summed E-state index contributed by atoms with van der Waals surface area (Å²) in [6.07, 6.45) is 1.47. The van der Waals surface area contributed by atoms with Gasteiger partial charge in [-0.25, -0.2) is 9.37 Å². The lowest BCUT2D eigenvalue weighted by atomic mass is 10.2. The van der Waals surface area contributed by atoms with Crippen molar-refractivity contribution in [2.75, 3.05) is 5.73 Å². The Labute approximate surface area is 112 Å². The van der Waals surface area contributed by atoms with E-state index in [9.17, 15) is 8.60 Å². The first-order chi connectivity index (χ1) is 9.10. The van der Waals surface area contributed by atoms with Crippen molar-refractivity contribution in [2.24, 2.45) is 0 Å². The number of nitriles is 1. The largest absolute Gasteiger partial charge is 0.398 e. The lowest BCUT2D eigenvalue weighted by Crippen LogP contribution is -2.02. The molecule has 19 heavy (non-hydrogen) atoms. The highest BCUT2D eigenvalue weighted by Gasteiger charge is 2.10. The molecule has 0 aliphatic heterocycles. The highest BCUT2D eigenvalue weighted by molar-refractivity contribution is 7.84. The summed E-state index contributed by atoms with van der Waals surface area (Å²) >= 11 is 0. The second-order valence-corrected chi connectivity index (χ2v) is 5.25. The van der Waals surface area contributed by atoms with E-state index in [1.54, 1.807) is 12.1 Å². The molecule has 1 unspecified atom stereocenters. The van der Waals surface area contributed by atoms with E-state index in [1.807, 2.05) is 6.07 Å². The Balaban J connectivity index is 2.26. The van der Waals surface area contributed by atoms with Crippen LogP contribution >= 0.6 is 0 Å². The number of halogens is 1. The first-order valence-electron chi connectivity index (χ1n) is 5.38. The van der Waals surface area contributed by atoms with Crippen LogP contribution in [0, 0.1) is 17.1 Å². The van der Waals surface area contributed by atoms with Crippen molar-refractivity contribution in [3.63, 3.8) is 0 Å². The van der Waals surface area contributed by atoms with E-state index in [0.29, 0.717) is 5.56 Å². The molecular formula is C13H10FN3OS. The maximum atomic E-state index is 13.1. The number of anilines is 1. The maximum absolute atomic E-state index is 13.1. The van der Waals surface area contributed by atoms with Gasteiger partial charge >= 0.3 is 0 Å². The predicted molar refractivity (Wildman–Crippen MR) is 69.9 cm³/mol. The molecular weight excluding hydrogens is 265 g/mol. The van der Waals surface area contributed by atoms with Gasteiger partial charge in [-0.15, -0.1) is 0 Å². The molecule has 1 aromatic carbocycles. The quantitative estimate of drug-likeness (QED) is 0.869. The van der Waals surface area contributed by atoms with Crippen LogP contribution < -0.4 is 5.73 Å². The van der Waals surface area contributed by atoms with Gasteiger partial charge in [-0.05, 0) is 35.9 Å². The molecule has 0 aliphatic carbocycles. The molecule has 1 aromatic heterocycles. The van der Waals surface area contributed by atoms with Gasteiger partial charge in [0.2, 0.25) is 0 Å². The van der Waals surface area contributed by atoms with Crippen LogP contribution in [0.1, 0.15) is 11.3 Å².